The summed E-state index contributed by atoms with van der Waals surface area (Å²) in [5.41, 5.74) is 1.55. The second-order valence-corrected chi connectivity index (χ2v) is 8.05. The first-order chi connectivity index (χ1) is 15.4. The van der Waals surface area contributed by atoms with Crippen molar-refractivity contribution in [2.75, 3.05) is 6.54 Å². The largest absolute Gasteiger partial charge is 0.350 e. The van der Waals surface area contributed by atoms with E-state index in [1.54, 1.807) is 25.1 Å². The predicted octanol–water partition coefficient (Wildman–Crippen LogP) is 2.26. The third-order valence-corrected chi connectivity index (χ3v) is 5.77. The van der Waals surface area contributed by atoms with E-state index in [0.717, 1.165) is 11.1 Å². The predicted molar refractivity (Wildman–Crippen MR) is 121 cm³/mol. The van der Waals surface area contributed by atoms with Gasteiger partial charge in [0.15, 0.2) is 0 Å². The lowest BCUT2D eigenvalue weighted by Crippen LogP contribution is -2.53. The van der Waals surface area contributed by atoms with Crippen LogP contribution in [0.15, 0.2) is 54.6 Å². The molecule has 1 aliphatic rings. The maximum atomic E-state index is 13.1. The Morgan fingerprint density at radius 2 is 1.78 bits per heavy atom. The summed E-state index contributed by atoms with van der Waals surface area (Å²) in [6.07, 6.45) is 0.742. The normalized spacial score (nSPS) is 16.5. The molecule has 2 unspecified atom stereocenters. The van der Waals surface area contributed by atoms with Crippen molar-refractivity contribution in [1.29, 1.82) is 0 Å². The summed E-state index contributed by atoms with van der Waals surface area (Å²) in [5, 5.41) is 5.73. The zero-order chi connectivity index (χ0) is 23.1. The number of ketones is 1. The summed E-state index contributed by atoms with van der Waals surface area (Å²) >= 11 is 6.23. The van der Waals surface area contributed by atoms with E-state index in [-0.39, 0.29) is 25.3 Å². The zero-order valence-electron chi connectivity index (χ0n) is 17.8. The lowest BCUT2D eigenvalue weighted by molar-refractivity contribution is -0.141. The van der Waals surface area contributed by atoms with Crippen molar-refractivity contribution >= 4 is 35.1 Å². The molecule has 1 saturated heterocycles. The molecule has 0 aromatic heterocycles. The first kappa shape index (κ1) is 23.5. The lowest BCUT2D eigenvalue weighted by Gasteiger charge is -2.26. The molecule has 32 heavy (non-hydrogen) atoms. The molecule has 3 rings (SSSR count). The Labute approximate surface area is 192 Å². The molecule has 0 bridgehead atoms. The Kier molecular flexibility index (Phi) is 8.00. The molecule has 168 valence electrons. The van der Waals surface area contributed by atoms with Gasteiger partial charge in [-0.05, 0) is 30.5 Å². The number of benzene rings is 2. The van der Waals surface area contributed by atoms with Crippen LogP contribution in [0.25, 0.3) is 0 Å². The molecule has 0 saturated carbocycles. The second kappa shape index (κ2) is 10.9. The van der Waals surface area contributed by atoms with Gasteiger partial charge in [0.2, 0.25) is 17.6 Å². The van der Waals surface area contributed by atoms with Crippen molar-refractivity contribution in [2.24, 2.45) is 0 Å². The van der Waals surface area contributed by atoms with Gasteiger partial charge in [0.1, 0.15) is 12.1 Å². The number of hydrogen-bond donors (Lipinski definition) is 2. The van der Waals surface area contributed by atoms with E-state index in [4.69, 9.17) is 11.6 Å². The Hall–Kier alpha value is -3.19. The van der Waals surface area contributed by atoms with Crippen LogP contribution in [-0.2, 0) is 32.1 Å². The molecule has 8 heteroatoms. The van der Waals surface area contributed by atoms with Gasteiger partial charge < -0.3 is 15.5 Å². The minimum atomic E-state index is -1.03. The highest BCUT2D eigenvalue weighted by Crippen LogP contribution is 2.25. The summed E-state index contributed by atoms with van der Waals surface area (Å²) < 4.78 is 0. The number of halogens is 1. The molecule has 0 aliphatic carbocycles. The molecule has 2 N–H and O–H groups in total. The molecule has 1 fully saturated rings. The quantitative estimate of drug-likeness (QED) is 0.567. The summed E-state index contributed by atoms with van der Waals surface area (Å²) in [5.74, 6) is -2.07. The van der Waals surface area contributed by atoms with E-state index >= 15 is 0 Å². The number of likely N-dealkylation sites (tertiary alicyclic amines) is 1. The summed E-state index contributed by atoms with van der Waals surface area (Å²) in [7, 11) is 0. The number of carbonyl (C=O) groups excluding carboxylic acids is 4. The van der Waals surface area contributed by atoms with Crippen molar-refractivity contribution < 1.29 is 19.2 Å². The smallest absolute Gasteiger partial charge is 0.289 e. The summed E-state index contributed by atoms with van der Waals surface area (Å²) in [6.45, 7) is 2.22. The molecular weight excluding hydrogens is 430 g/mol. The van der Waals surface area contributed by atoms with Gasteiger partial charge in [0.05, 0.1) is 0 Å². The standard InChI is InChI=1S/C24H26ClN3O4/c1-2-26-24(32)22(30)19(14-16-8-4-3-5-9-16)27-23(31)20-12-13-21(29)28(20)15-17-10-6-7-11-18(17)25/h3-11,19-20H,2,12-15H2,1H3,(H,26,32)(H,27,31). The van der Waals surface area contributed by atoms with Crippen LogP contribution >= 0.6 is 11.6 Å². The van der Waals surface area contributed by atoms with Gasteiger partial charge in [-0.15, -0.1) is 0 Å². The van der Waals surface area contributed by atoms with Gasteiger partial charge in [0.25, 0.3) is 5.91 Å². The Morgan fingerprint density at radius 1 is 1.09 bits per heavy atom. The fourth-order valence-electron chi connectivity index (χ4n) is 3.75. The van der Waals surface area contributed by atoms with Gasteiger partial charge in [-0.1, -0.05) is 60.1 Å². The van der Waals surface area contributed by atoms with Gasteiger partial charge in [-0.3, -0.25) is 19.2 Å². The van der Waals surface area contributed by atoms with Crippen LogP contribution in [-0.4, -0.2) is 47.0 Å². The van der Waals surface area contributed by atoms with Gasteiger partial charge in [-0.2, -0.15) is 0 Å². The topological polar surface area (TPSA) is 95.6 Å². The molecule has 1 aliphatic heterocycles. The lowest BCUT2D eigenvalue weighted by atomic mass is 10.0. The third kappa shape index (κ3) is 5.73. The highest BCUT2D eigenvalue weighted by atomic mass is 35.5. The third-order valence-electron chi connectivity index (χ3n) is 5.41. The second-order valence-electron chi connectivity index (χ2n) is 7.64. The number of carbonyl (C=O) groups is 4. The molecular formula is C24H26ClN3O4. The fraction of sp³-hybridized carbons (Fsp3) is 0.333. The number of likely N-dealkylation sites (N-methyl/N-ethyl adjacent to an activating group) is 1. The van der Waals surface area contributed by atoms with Crippen LogP contribution in [0.4, 0.5) is 0 Å². The van der Waals surface area contributed by atoms with Crippen molar-refractivity contribution in [1.82, 2.24) is 15.5 Å². The highest BCUT2D eigenvalue weighted by Gasteiger charge is 2.38. The summed E-state index contributed by atoms with van der Waals surface area (Å²) in [6, 6.07) is 14.5. The van der Waals surface area contributed by atoms with Crippen LogP contribution in [0, 0.1) is 0 Å². The van der Waals surface area contributed by atoms with Gasteiger partial charge in [0, 0.05) is 31.0 Å². The van der Waals surface area contributed by atoms with Crippen LogP contribution < -0.4 is 10.6 Å². The monoisotopic (exact) mass is 455 g/mol. The average Bonchev–Trinajstić information content (AvgIpc) is 3.15. The minimum absolute atomic E-state index is 0.153. The summed E-state index contributed by atoms with van der Waals surface area (Å²) in [4.78, 5) is 52.0. The SMILES string of the molecule is CCNC(=O)C(=O)C(Cc1ccccc1)NC(=O)C1CCC(=O)N1Cc1ccccc1Cl. The van der Waals surface area contributed by atoms with Crippen LogP contribution in [0.3, 0.4) is 0 Å². The minimum Gasteiger partial charge on any atom is -0.350 e. The Morgan fingerprint density at radius 3 is 2.47 bits per heavy atom. The van der Waals surface area contributed by atoms with E-state index in [2.05, 4.69) is 10.6 Å². The van der Waals surface area contributed by atoms with E-state index in [9.17, 15) is 19.2 Å². The van der Waals surface area contributed by atoms with Crippen LogP contribution in [0.2, 0.25) is 5.02 Å². The molecule has 0 radical (unpaired) electrons. The van der Waals surface area contributed by atoms with E-state index in [1.807, 2.05) is 36.4 Å². The maximum Gasteiger partial charge on any atom is 0.289 e. The average molecular weight is 456 g/mol. The first-order valence-corrected chi connectivity index (χ1v) is 11.0. The first-order valence-electron chi connectivity index (χ1n) is 10.6. The van der Waals surface area contributed by atoms with E-state index in [0.29, 0.717) is 18.0 Å². The van der Waals surface area contributed by atoms with Gasteiger partial charge in [-0.25, -0.2) is 0 Å². The molecule has 2 aromatic carbocycles. The molecule has 3 amide bonds. The maximum absolute atomic E-state index is 13.1. The number of nitrogens with zero attached hydrogens (tertiary/aromatic N) is 1. The van der Waals surface area contributed by atoms with Crippen molar-refractivity contribution in [2.45, 2.75) is 44.8 Å². The number of Topliss-reactive ketones (excluding diaryl/α,β-unsaturated/α-hetero) is 1. The van der Waals surface area contributed by atoms with E-state index < -0.39 is 29.7 Å². The number of hydrogen-bond acceptors (Lipinski definition) is 4. The number of amides is 3. The number of nitrogens with one attached hydrogen (secondary N) is 2. The van der Waals surface area contributed by atoms with Crippen molar-refractivity contribution in [3.8, 4) is 0 Å². The van der Waals surface area contributed by atoms with Gasteiger partial charge >= 0.3 is 0 Å². The molecule has 2 aromatic rings. The molecule has 0 spiro atoms. The highest BCUT2D eigenvalue weighted by molar-refractivity contribution is 6.38. The zero-order valence-corrected chi connectivity index (χ0v) is 18.6. The Balaban J connectivity index is 1.77. The van der Waals surface area contributed by atoms with Crippen molar-refractivity contribution in [3.05, 3.63) is 70.7 Å². The number of rotatable bonds is 9. The Bertz CT molecular complexity index is 996. The molecule has 2 atom stereocenters. The fourth-order valence-corrected chi connectivity index (χ4v) is 3.94. The van der Waals surface area contributed by atoms with E-state index in [1.165, 1.54) is 4.90 Å². The van der Waals surface area contributed by atoms with Crippen LogP contribution in [0.5, 0.6) is 0 Å². The van der Waals surface area contributed by atoms with Crippen molar-refractivity contribution in [3.63, 3.8) is 0 Å². The molecule has 7 nitrogen and oxygen atoms in total. The van der Waals surface area contributed by atoms with Crippen LogP contribution in [0.1, 0.15) is 30.9 Å². The molecule has 1 heterocycles.